The molecule has 1 aromatic carbocycles. The molecule has 0 aromatic heterocycles. The average Bonchev–Trinajstić information content (AvgIpc) is 3.10. The van der Waals surface area contributed by atoms with Gasteiger partial charge in [0.1, 0.15) is 5.75 Å². The van der Waals surface area contributed by atoms with E-state index in [2.05, 4.69) is 5.32 Å². The van der Waals surface area contributed by atoms with Gasteiger partial charge in [-0.1, -0.05) is 23.7 Å². The second-order valence-electron chi connectivity index (χ2n) is 4.06. The van der Waals surface area contributed by atoms with Crippen LogP contribution >= 0.6 is 11.6 Å². The van der Waals surface area contributed by atoms with Crippen molar-refractivity contribution in [3.05, 3.63) is 29.3 Å². The molecule has 0 amide bonds. The van der Waals surface area contributed by atoms with E-state index >= 15 is 0 Å². The Kier molecular flexibility index (Phi) is 3.86. The third kappa shape index (κ3) is 3.61. The molecule has 2 rings (SSSR count). The van der Waals surface area contributed by atoms with Gasteiger partial charge in [-0.3, -0.25) is 0 Å². The SMILES string of the molecule is O=C(O)C(CNC1CC1)Oc1ccccc1Cl. The largest absolute Gasteiger partial charge is 0.478 e. The van der Waals surface area contributed by atoms with Crippen molar-refractivity contribution in [2.24, 2.45) is 0 Å². The van der Waals surface area contributed by atoms with Crippen LogP contribution in [0.2, 0.25) is 5.02 Å². The Balaban J connectivity index is 1.96. The summed E-state index contributed by atoms with van der Waals surface area (Å²) in [5, 5.41) is 12.6. The maximum absolute atomic E-state index is 11.0. The molecule has 0 spiro atoms. The first kappa shape index (κ1) is 12.2. The van der Waals surface area contributed by atoms with Crippen LogP contribution in [-0.4, -0.2) is 29.8 Å². The van der Waals surface area contributed by atoms with Crippen LogP contribution in [0.3, 0.4) is 0 Å². The second-order valence-corrected chi connectivity index (χ2v) is 4.46. The lowest BCUT2D eigenvalue weighted by atomic mass is 10.3. The molecular weight excluding hydrogens is 242 g/mol. The fourth-order valence-corrected chi connectivity index (χ4v) is 1.61. The van der Waals surface area contributed by atoms with Crippen LogP contribution in [0.25, 0.3) is 0 Å². The molecule has 1 saturated carbocycles. The average molecular weight is 256 g/mol. The minimum absolute atomic E-state index is 0.297. The third-order valence-electron chi connectivity index (χ3n) is 2.55. The molecule has 0 aliphatic heterocycles. The van der Waals surface area contributed by atoms with Gasteiger partial charge in [0, 0.05) is 12.6 Å². The van der Waals surface area contributed by atoms with E-state index < -0.39 is 12.1 Å². The van der Waals surface area contributed by atoms with Gasteiger partial charge < -0.3 is 15.2 Å². The van der Waals surface area contributed by atoms with Gasteiger partial charge in [0.15, 0.2) is 0 Å². The minimum Gasteiger partial charge on any atom is -0.478 e. The second kappa shape index (κ2) is 5.38. The summed E-state index contributed by atoms with van der Waals surface area (Å²) in [6.07, 6.45) is 1.31. The first-order valence-corrected chi connectivity index (χ1v) is 5.92. The predicted octanol–water partition coefficient (Wildman–Crippen LogP) is 1.92. The van der Waals surface area contributed by atoms with E-state index in [0.29, 0.717) is 23.4 Å². The highest BCUT2D eigenvalue weighted by molar-refractivity contribution is 6.32. The Morgan fingerprint density at radius 2 is 2.24 bits per heavy atom. The van der Waals surface area contributed by atoms with Crippen LogP contribution in [0.4, 0.5) is 0 Å². The molecule has 0 bridgehead atoms. The summed E-state index contributed by atoms with van der Waals surface area (Å²) >= 11 is 5.91. The maximum atomic E-state index is 11.0. The highest BCUT2D eigenvalue weighted by Crippen LogP contribution is 2.24. The normalized spacial score (nSPS) is 16.5. The fourth-order valence-electron chi connectivity index (χ4n) is 1.43. The monoisotopic (exact) mass is 255 g/mol. The van der Waals surface area contributed by atoms with Crippen molar-refractivity contribution >= 4 is 17.6 Å². The zero-order valence-electron chi connectivity index (χ0n) is 9.23. The first-order valence-electron chi connectivity index (χ1n) is 5.54. The number of carboxylic acids is 1. The number of benzene rings is 1. The van der Waals surface area contributed by atoms with E-state index in [1.807, 2.05) is 0 Å². The zero-order valence-corrected chi connectivity index (χ0v) is 9.98. The summed E-state index contributed by atoms with van der Waals surface area (Å²) in [6.45, 7) is 0.297. The lowest BCUT2D eigenvalue weighted by molar-refractivity contribution is -0.144. The Morgan fingerprint density at radius 3 is 2.82 bits per heavy atom. The summed E-state index contributed by atoms with van der Waals surface area (Å²) < 4.78 is 5.39. The Morgan fingerprint density at radius 1 is 1.53 bits per heavy atom. The smallest absolute Gasteiger partial charge is 0.346 e. The molecule has 1 aliphatic rings. The van der Waals surface area contributed by atoms with E-state index in [1.54, 1.807) is 24.3 Å². The van der Waals surface area contributed by atoms with E-state index in [0.717, 1.165) is 12.8 Å². The first-order chi connectivity index (χ1) is 8.16. The third-order valence-corrected chi connectivity index (χ3v) is 2.86. The highest BCUT2D eigenvalue weighted by Gasteiger charge is 2.26. The Labute approximate surface area is 105 Å². The van der Waals surface area contributed by atoms with E-state index in [4.69, 9.17) is 21.4 Å². The molecule has 0 radical (unpaired) electrons. The van der Waals surface area contributed by atoms with Crippen LogP contribution in [-0.2, 0) is 4.79 Å². The van der Waals surface area contributed by atoms with Crippen molar-refractivity contribution in [1.82, 2.24) is 5.32 Å². The molecule has 0 heterocycles. The van der Waals surface area contributed by atoms with Gasteiger partial charge in [0.25, 0.3) is 0 Å². The summed E-state index contributed by atoms with van der Waals surface area (Å²) in [5.41, 5.74) is 0. The fraction of sp³-hybridized carbons (Fsp3) is 0.417. The van der Waals surface area contributed by atoms with Gasteiger partial charge in [-0.25, -0.2) is 4.79 Å². The number of ether oxygens (including phenoxy) is 1. The maximum Gasteiger partial charge on any atom is 0.346 e. The highest BCUT2D eigenvalue weighted by atomic mass is 35.5. The Bertz CT molecular complexity index is 406. The van der Waals surface area contributed by atoms with Gasteiger partial charge >= 0.3 is 5.97 Å². The molecule has 1 unspecified atom stereocenters. The molecule has 1 fully saturated rings. The lowest BCUT2D eigenvalue weighted by Gasteiger charge is -2.16. The van der Waals surface area contributed by atoms with Crippen molar-refractivity contribution in [2.75, 3.05) is 6.54 Å². The lowest BCUT2D eigenvalue weighted by Crippen LogP contribution is -2.38. The van der Waals surface area contributed by atoms with Crippen molar-refractivity contribution in [2.45, 2.75) is 25.0 Å². The number of hydrogen-bond acceptors (Lipinski definition) is 3. The standard InChI is InChI=1S/C12H14ClNO3/c13-9-3-1-2-4-10(9)17-11(12(15)16)7-14-8-5-6-8/h1-4,8,11,14H,5-7H2,(H,15,16). The van der Waals surface area contributed by atoms with E-state index in [9.17, 15) is 4.79 Å². The van der Waals surface area contributed by atoms with Crippen LogP contribution in [0, 0.1) is 0 Å². The van der Waals surface area contributed by atoms with Crippen molar-refractivity contribution in [3.63, 3.8) is 0 Å². The van der Waals surface area contributed by atoms with Crippen molar-refractivity contribution in [1.29, 1.82) is 0 Å². The molecule has 17 heavy (non-hydrogen) atoms. The summed E-state index contributed by atoms with van der Waals surface area (Å²) in [5.74, 6) is -0.586. The van der Waals surface area contributed by atoms with Crippen molar-refractivity contribution < 1.29 is 14.6 Å². The van der Waals surface area contributed by atoms with E-state index in [-0.39, 0.29) is 0 Å². The zero-order chi connectivity index (χ0) is 12.3. The summed E-state index contributed by atoms with van der Waals surface area (Å²) in [6, 6.07) is 7.31. The minimum atomic E-state index is -0.988. The molecule has 1 atom stereocenters. The number of para-hydroxylation sites is 1. The topological polar surface area (TPSA) is 58.6 Å². The summed E-state index contributed by atoms with van der Waals surface area (Å²) in [7, 11) is 0. The number of carbonyl (C=O) groups is 1. The molecular formula is C12H14ClNO3. The van der Waals surface area contributed by atoms with Crippen LogP contribution in [0.5, 0.6) is 5.75 Å². The van der Waals surface area contributed by atoms with Crippen molar-refractivity contribution in [3.8, 4) is 5.75 Å². The summed E-state index contributed by atoms with van der Waals surface area (Å²) in [4.78, 5) is 11.0. The number of carboxylic acid groups (broad SMARTS) is 1. The molecule has 0 saturated heterocycles. The molecule has 92 valence electrons. The van der Waals surface area contributed by atoms with E-state index in [1.165, 1.54) is 0 Å². The van der Waals surface area contributed by atoms with Crippen LogP contribution < -0.4 is 10.1 Å². The van der Waals surface area contributed by atoms with Gasteiger partial charge in [0.05, 0.1) is 5.02 Å². The molecule has 2 N–H and O–H groups in total. The van der Waals surface area contributed by atoms with Crippen LogP contribution in [0.1, 0.15) is 12.8 Å². The number of rotatable bonds is 6. The van der Waals surface area contributed by atoms with Crippen LogP contribution in [0.15, 0.2) is 24.3 Å². The van der Waals surface area contributed by atoms with Gasteiger partial charge in [0.2, 0.25) is 6.10 Å². The quantitative estimate of drug-likeness (QED) is 0.816. The Hall–Kier alpha value is -1.26. The number of hydrogen-bond donors (Lipinski definition) is 2. The molecule has 5 heteroatoms. The molecule has 1 aliphatic carbocycles. The molecule has 1 aromatic rings. The predicted molar refractivity (Wildman–Crippen MR) is 64.5 cm³/mol. The van der Waals surface area contributed by atoms with Gasteiger partial charge in [-0.2, -0.15) is 0 Å². The van der Waals surface area contributed by atoms with Gasteiger partial charge in [-0.05, 0) is 25.0 Å². The number of aliphatic carboxylic acids is 1. The number of nitrogens with one attached hydrogen (secondary N) is 1. The molecule has 4 nitrogen and oxygen atoms in total. The number of halogens is 1. The van der Waals surface area contributed by atoms with Gasteiger partial charge in [-0.15, -0.1) is 0 Å².